The first-order valence-corrected chi connectivity index (χ1v) is 10.0. The average molecular weight is 371 g/mol. The normalized spacial score (nSPS) is 22.5. The molecule has 1 spiro atoms. The molecule has 3 heterocycles. The second-order valence-corrected chi connectivity index (χ2v) is 8.34. The molecule has 6 heteroatoms. The van der Waals surface area contributed by atoms with Crippen molar-refractivity contribution >= 4 is 11.8 Å². The lowest BCUT2D eigenvalue weighted by Crippen LogP contribution is -2.54. The lowest BCUT2D eigenvalue weighted by molar-refractivity contribution is -0.131. The van der Waals surface area contributed by atoms with Crippen molar-refractivity contribution in [1.82, 2.24) is 14.7 Å². The first kappa shape index (κ1) is 18.3. The van der Waals surface area contributed by atoms with Crippen LogP contribution in [0.15, 0.2) is 18.2 Å². The van der Waals surface area contributed by atoms with E-state index in [0.717, 1.165) is 57.4 Å². The molecule has 0 unspecified atom stereocenters. The van der Waals surface area contributed by atoms with Crippen molar-refractivity contribution in [3.8, 4) is 5.75 Å². The Hall–Kier alpha value is -2.08. The molecule has 2 saturated heterocycles. The third kappa shape index (κ3) is 3.68. The Labute approximate surface area is 161 Å². The smallest absolute Gasteiger partial charge is 0.258 e. The molecule has 2 amide bonds. The van der Waals surface area contributed by atoms with Gasteiger partial charge in [0.25, 0.3) is 5.91 Å². The number of hydrogen-bond donors (Lipinski definition) is 0. The highest BCUT2D eigenvalue weighted by Crippen LogP contribution is 2.35. The number of carbonyl (C=O) groups is 2. The Morgan fingerprint density at radius 2 is 1.85 bits per heavy atom. The zero-order valence-electron chi connectivity index (χ0n) is 16.4. The van der Waals surface area contributed by atoms with Crippen LogP contribution < -0.4 is 4.74 Å². The number of rotatable bonds is 2. The van der Waals surface area contributed by atoms with Gasteiger partial charge in [0.05, 0.1) is 12.1 Å². The topological polar surface area (TPSA) is 53.1 Å². The fraction of sp³-hybridized carbons (Fsp3) is 0.619. The van der Waals surface area contributed by atoms with Gasteiger partial charge in [-0.15, -0.1) is 0 Å². The van der Waals surface area contributed by atoms with Crippen molar-refractivity contribution in [2.75, 3.05) is 46.3 Å². The van der Waals surface area contributed by atoms with Crippen molar-refractivity contribution in [3.63, 3.8) is 0 Å². The van der Waals surface area contributed by atoms with Crippen LogP contribution in [0, 0.1) is 6.92 Å². The Bertz CT molecular complexity index is 734. The lowest BCUT2D eigenvalue weighted by atomic mass is 9.90. The molecule has 0 N–H and O–H groups in total. The van der Waals surface area contributed by atoms with E-state index in [1.54, 1.807) is 4.90 Å². The van der Waals surface area contributed by atoms with Gasteiger partial charge >= 0.3 is 0 Å². The molecule has 1 aromatic rings. The highest BCUT2D eigenvalue weighted by molar-refractivity contribution is 5.99. The van der Waals surface area contributed by atoms with E-state index < -0.39 is 5.60 Å². The molecule has 146 valence electrons. The largest absolute Gasteiger partial charge is 0.484 e. The van der Waals surface area contributed by atoms with E-state index >= 15 is 0 Å². The number of benzene rings is 1. The predicted octanol–water partition coefficient (Wildman–Crippen LogP) is 1.92. The standard InChI is InChI=1S/C21H29N3O3/c1-16-5-6-18-17(13-16)20(26)24(14-19(25)23-9-3-4-10-23)15-21(27-18)7-11-22(2)12-8-21/h5-6,13H,3-4,7-12,14-15H2,1-2H3. The van der Waals surface area contributed by atoms with Gasteiger partial charge in [-0.05, 0) is 38.9 Å². The third-order valence-electron chi connectivity index (χ3n) is 6.14. The molecule has 0 aromatic heterocycles. The van der Waals surface area contributed by atoms with Crippen LogP contribution in [-0.2, 0) is 4.79 Å². The molecule has 0 radical (unpaired) electrons. The van der Waals surface area contributed by atoms with E-state index in [9.17, 15) is 9.59 Å². The van der Waals surface area contributed by atoms with E-state index in [-0.39, 0.29) is 18.4 Å². The summed E-state index contributed by atoms with van der Waals surface area (Å²) in [4.78, 5) is 32.0. The summed E-state index contributed by atoms with van der Waals surface area (Å²) < 4.78 is 6.48. The van der Waals surface area contributed by atoms with Crippen molar-refractivity contribution < 1.29 is 14.3 Å². The number of likely N-dealkylation sites (tertiary alicyclic amines) is 2. The van der Waals surface area contributed by atoms with E-state index in [4.69, 9.17) is 4.74 Å². The zero-order valence-corrected chi connectivity index (χ0v) is 16.4. The fourth-order valence-electron chi connectivity index (χ4n) is 4.40. The number of ether oxygens (including phenoxy) is 1. The summed E-state index contributed by atoms with van der Waals surface area (Å²) >= 11 is 0. The maximum Gasteiger partial charge on any atom is 0.258 e. The Morgan fingerprint density at radius 1 is 1.15 bits per heavy atom. The molecule has 0 saturated carbocycles. The average Bonchev–Trinajstić information content (AvgIpc) is 3.16. The lowest BCUT2D eigenvalue weighted by Gasteiger charge is -2.41. The quantitative estimate of drug-likeness (QED) is 0.797. The monoisotopic (exact) mass is 371 g/mol. The van der Waals surface area contributed by atoms with Crippen molar-refractivity contribution in [1.29, 1.82) is 0 Å². The van der Waals surface area contributed by atoms with Gasteiger partial charge in [-0.3, -0.25) is 9.59 Å². The molecule has 0 atom stereocenters. The summed E-state index contributed by atoms with van der Waals surface area (Å²) in [7, 11) is 2.11. The van der Waals surface area contributed by atoms with Crippen LogP contribution in [0.25, 0.3) is 0 Å². The second kappa shape index (κ2) is 7.15. The van der Waals surface area contributed by atoms with Gasteiger partial charge in [-0.25, -0.2) is 0 Å². The summed E-state index contributed by atoms with van der Waals surface area (Å²) in [6, 6.07) is 5.78. The number of amides is 2. The van der Waals surface area contributed by atoms with Crippen molar-refractivity contribution in [2.45, 2.75) is 38.2 Å². The van der Waals surface area contributed by atoms with Crippen molar-refractivity contribution in [2.24, 2.45) is 0 Å². The summed E-state index contributed by atoms with van der Waals surface area (Å²) in [6.45, 7) is 6.09. The maximum absolute atomic E-state index is 13.3. The predicted molar refractivity (Wildman–Crippen MR) is 103 cm³/mol. The molecule has 3 aliphatic heterocycles. The van der Waals surface area contributed by atoms with Gasteiger partial charge < -0.3 is 19.4 Å². The second-order valence-electron chi connectivity index (χ2n) is 8.34. The molecule has 27 heavy (non-hydrogen) atoms. The van der Waals surface area contributed by atoms with Gasteiger partial charge in [0.1, 0.15) is 17.9 Å². The number of fused-ring (bicyclic) bond motifs is 1. The summed E-state index contributed by atoms with van der Waals surface area (Å²) in [5, 5.41) is 0. The molecule has 1 aromatic carbocycles. The van der Waals surface area contributed by atoms with Gasteiger partial charge in [-0.1, -0.05) is 11.6 Å². The minimum absolute atomic E-state index is 0.0556. The van der Waals surface area contributed by atoms with Crippen LogP contribution in [0.3, 0.4) is 0 Å². The molecular formula is C21H29N3O3. The van der Waals surface area contributed by atoms with E-state index in [0.29, 0.717) is 17.9 Å². The van der Waals surface area contributed by atoms with Gasteiger partial charge in [-0.2, -0.15) is 0 Å². The Balaban J connectivity index is 1.64. The van der Waals surface area contributed by atoms with E-state index in [1.807, 2.05) is 30.0 Å². The Kier molecular flexibility index (Phi) is 4.84. The molecule has 6 nitrogen and oxygen atoms in total. The molecule has 2 fully saturated rings. The molecule has 3 aliphatic rings. The van der Waals surface area contributed by atoms with Crippen LogP contribution >= 0.6 is 0 Å². The van der Waals surface area contributed by atoms with Crippen molar-refractivity contribution in [3.05, 3.63) is 29.3 Å². The number of carbonyl (C=O) groups excluding carboxylic acids is 2. The first-order chi connectivity index (χ1) is 13.0. The number of aryl methyl sites for hydroxylation is 1. The van der Waals surface area contributed by atoms with Crippen LogP contribution in [0.1, 0.15) is 41.6 Å². The SMILES string of the molecule is Cc1ccc2c(c1)C(=O)N(CC(=O)N1CCCC1)CC1(CCN(C)CC1)O2. The number of piperidine rings is 1. The molecule has 0 bridgehead atoms. The fourth-order valence-corrected chi connectivity index (χ4v) is 4.40. The highest BCUT2D eigenvalue weighted by Gasteiger charge is 2.43. The van der Waals surface area contributed by atoms with E-state index in [2.05, 4.69) is 11.9 Å². The molecular weight excluding hydrogens is 342 g/mol. The maximum atomic E-state index is 13.3. The van der Waals surface area contributed by atoms with E-state index in [1.165, 1.54) is 0 Å². The molecule has 4 rings (SSSR count). The van der Waals surface area contributed by atoms with Crippen LogP contribution in [0.4, 0.5) is 0 Å². The summed E-state index contributed by atoms with van der Waals surface area (Å²) in [6.07, 6.45) is 3.83. The zero-order chi connectivity index (χ0) is 19.0. The third-order valence-corrected chi connectivity index (χ3v) is 6.14. The van der Waals surface area contributed by atoms with Crippen LogP contribution in [-0.4, -0.2) is 78.4 Å². The van der Waals surface area contributed by atoms with Gasteiger partial charge in [0, 0.05) is 39.0 Å². The molecule has 0 aliphatic carbocycles. The minimum atomic E-state index is -0.409. The van der Waals surface area contributed by atoms with Crippen LogP contribution in [0.5, 0.6) is 5.75 Å². The minimum Gasteiger partial charge on any atom is -0.484 e. The number of nitrogens with zero attached hydrogens (tertiary/aromatic N) is 3. The highest BCUT2D eigenvalue weighted by atomic mass is 16.5. The summed E-state index contributed by atoms with van der Waals surface area (Å²) in [5.74, 6) is 0.628. The first-order valence-electron chi connectivity index (χ1n) is 10.0. The summed E-state index contributed by atoms with van der Waals surface area (Å²) in [5.41, 5.74) is 1.20. The number of hydrogen-bond acceptors (Lipinski definition) is 4. The van der Waals surface area contributed by atoms with Gasteiger partial charge in [0.2, 0.25) is 5.91 Å². The van der Waals surface area contributed by atoms with Crippen LogP contribution in [0.2, 0.25) is 0 Å². The Morgan fingerprint density at radius 3 is 2.56 bits per heavy atom. The van der Waals surface area contributed by atoms with Gasteiger partial charge in [0.15, 0.2) is 0 Å².